The molecule has 0 unspecified atom stereocenters. The smallest absolute Gasteiger partial charge is 0.276 e. The first kappa shape index (κ1) is 15.9. The van der Waals surface area contributed by atoms with Gasteiger partial charge in [0.2, 0.25) is 5.89 Å². The van der Waals surface area contributed by atoms with E-state index in [4.69, 9.17) is 8.94 Å². The van der Waals surface area contributed by atoms with Gasteiger partial charge in [-0.25, -0.2) is 4.98 Å². The second kappa shape index (κ2) is 6.40. The van der Waals surface area contributed by atoms with E-state index in [9.17, 15) is 4.79 Å². The third-order valence-electron chi connectivity index (χ3n) is 4.31. The van der Waals surface area contributed by atoms with Crippen LogP contribution in [-0.4, -0.2) is 37.7 Å². The number of carbonyl (C=O) groups excluding carboxylic acids is 1. The molecule has 0 saturated carbocycles. The largest absolute Gasteiger partial charge is 0.418 e. The zero-order valence-corrected chi connectivity index (χ0v) is 14.7. The highest BCUT2D eigenvalue weighted by atomic mass is 32.1. The molecule has 1 aliphatic heterocycles. The molecule has 3 aromatic heterocycles. The molecule has 0 spiro atoms. The zero-order chi connectivity index (χ0) is 17.4. The highest BCUT2D eigenvalue weighted by Gasteiger charge is 2.35. The number of hydrogen-bond donors (Lipinski definition) is 0. The molecule has 130 valence electrons. The van der Waals surface area contributed by atoms with Crippen molar-refractivity contribution in [2.24, 2.45) is 0 Å². The minimum Gasteiger partial charge on any atom is -0.418 e. The maximum atomic E-state index is 12.8. The molecule has 3 aromatic rings. The lowest BCUT2D eigenvalue weighted by Gasteiger charge is -2.20. The molecule has 1 aliphatic rings. The average molecular weight is 359 g/mol. The molecule has 0 aromatic carbocycles. The molecule has 1 saturated heterocycles. The van der Waals surface area contributed by atoms with E-state index in [2.05, 4.69) is 20.3 Å². The highest BCUT2D eigenvalue weighted by molar-refractivity contribution is 7.13. The molecular weight excluding hydrogens is 342 g/mol. The fourth-order valence-electron chi connectivity index (χ4n) is 2.96. The van der Waals surface area contributed by atoms with E-state index in [1.54, 1.807) is 16.5 Å². The van der Waals surface area contributed by atoms with Crippen molar-refractivity contribution in [3.8, 4) is 10.8 Å². The van der Waals surface area contributed by atoms with E-state index in [0.29, 0.717) is 36.2 Å². The van der Waals surface area contributed by atoms with Gasteiger partial charge in [0.1, 0.15) is 16.7 Å². The lowest BCUT2D eigenvalue weighted by Crippen LogP contribution is -2.31. The summed E-state index contributed by atoms with van der Waals surface area (Å²) in [7, 11) is 0. The highest BCUT2D eigenvalue weighted by Crippen LogP contribution is 2.34. The van der Waals surface area contributed by atoms with Crippen molar-refractivity contribution in [1.82, 2.24) is 25.2 Å². The summed E-state index contributed by atoms with van der Waals surface area (Å²) in [5, 5.41) is 12.2. The van der Waals surface area contributed by atoms with Gasteiger partial charge in [-0.1, -0.05) is 12.1 Å². The summed E-state index contributed by atoms with van der Waals surface area (Å²) in [5.74, 6) is 1.43. The summed E-state index contributed by atoms with van der Waals surface area (Å²) >= 11 is 1.46. The monoisotopic (exact) mass is 359 g/mol. The topological polar surface area (TPSA) is 98.2 Å². The van der Waals surface area contributed by atoms with E-state index in [1.807, 2.05) is 13.8 Å². The minimum atomic E-state index is -0.233. The van der Waals surface area contributed by atoms with Crippen molar-refractivity contribution in [3.05, 3.63) is 34.6 Å². The summed E-state index contributed by atoms with van der Waals surface area (Å²) in [5.41, 5.74) is 2.92. The number of hydrogen-bond acceptors (Lipinski definition) is 8. The van der Waals surface area contributed by atoms with Crippen LogP contribution < -0.4 is 0 Å². The molecule has 4 rings (SSSR count). The average Bonchev–Trinajstić information content (AvgIpc) is 3.38. The first-order valence-corrected chi connectivity index (χ1v) is 9.05. The van der Waals surface area contributed by atoms with Crippen LogP contribution in [0.3, 0.4) is 0 Å². The van der Waals surface area contributed by atoms with Crippen LogP contribution in [0.15, 0.2) is 20.5 Å². The molecule has 1 fully saturated rings. The summed E-state index contributed by atoms with van der Waals surface area (Å²) in [6.07, 6.45) is 2.37. The van der Waals surface area contributed by atoms with Crippen LogP contribution in [0.1, 0.15) is 53.6 Å². The second-order valence-corrected chi connectivity index (χ2v) is 6.76. The lowest BCUT2D eigenvalue weighted by atomic mass is 10.2. The van der Waals surface area contributed by atoms with Gasteiger partial charge in [-0.2, -0.15) is 0 Å². The zero-order valence-electron chi connectivity index (χ0n) is 13.9. The van der Waals surface area contributed by atoms with Gasteiger partial charge in [0, 0.05) is 19.0 Å². The first-order chi connectivity index (χ1) is 12.2. The van der Waals surface area contributed by atoms with Crippen LogP contribution in [0.4, 0.5) is 0 Å². The molecule has 1 atom stereocenters. The third kappa shape index (κ3) is 2.84. The van der Waals surface area contributed by atoms with Crippen molar-refractivity contribution in [2.75, 3.05) is 6.54 Å². The van der Waals surface area contributed by atoms with Crippen molar-refractivity contribution >= 4 is 17.2 Å². The van der Waals surface area contributed by atoms with Crippen molar-refractivity contribution in [1.29, 1.82) is 0 Å². The number of aromatic nitrogens is 4. The Hall–Kier alpha value is -2.55. The number of carbonyl (C=O) groups is 1. The maximum absolute atomic E-state index is 12.8. The quantitative estimate of drug-likeness (QED) is 0.706. The van der Waals surface area contributed by atoms with Crippen LogP contribution in [-0.2, 0) is 6.42 Å². The Bertz CT molecular complexity index is 899. The van der Waals surface area contributed by atoms with Gasteiger partial charge >= 0.3 is 0 Å². The van der Waals surface area contributed by atoms with Gasteiger partial charge in [0.25, 0.3) is 11.8 Å². The SMILES string of the molecule is CCc1cc(C(=O)N2CCC[C@H]2c2nnc(-c3scnc3C)o2)no1. The Balaban J connectivity index is 1.58. The van der Waals surface area contributed by atoms with Gasteiger partial charge < -0.3 is 13.8 Å². The number of amides is 1. The Kier molecular flexibility index (Phi) is 4.08. The van der Waals surface area contributed by atoms with Crippen LogP contribution in [0, 0.1) is 6.92 Å². The Morgan fingerprint density at radius 1 is 1.44 bits per heavy atom. The number of nitrogens with zero attached hydrogens (tertiary/aromatic N) is 5. The lowest BCUT2D eigenvalue weighted by molar-refractivity contribution is 0.0705. The standard InChI is InChI=1S/C16H17N5O3S/c1-3-10-7-11(20-24-10)16(22)21-6-4-5-12(21)14-18-19-15(23-14)13-9(2)17-8-25-13/h7-8,12H,3-6H2,1-2H3/t12-/m0/s1. The normalized spacial score (nSPS) is 17.4. The predicted molar refractivity (Wildman–Crippen MR) is 89.0 cm³/mol. The minimum absolute atomic E-state index is 0.167. The number of rotatable bonds is 4. The van der Waals surface area contributed by atoms with Gasteiger partial charge in [-0.05, 0) is 19.8 Å². The van der Waals surface area contributed by atoms with Crippen LogP contribution >= 0.6 is 11.3 Å². The Morgan fingerprint density at radius 3 is 3.04 bits per heavy atom. The van der Waals surface area contributed by atoms with Crippen molar-refractivity contribution < 1.29 is 13.7 Å². The van der Waals surface area contributed by atoms with Crippen LogP contribution in [0.2, 0.25) is 0 Å². The van der Waals surface area contributed by atoms with Crippen LogP contribution in [0.25, 0.3) is 10.8 Å². The molecule has 0 radical (unpaired) electrons. The predicted octanol–water partition coefficient (Wildman–Crippen LogP) is 3.03. The second-order valence-electron chi connectivity index (χ2n) is 5.90. The molecule has 9 heteroatoms. The van der Waals surface area contributed by atoms with Gasteiger partial charge in [0.15, 0.2) is 5.69 Å². The van der Waals surface area contributed by atoms with E-state index >= 15 is 0 Å². The summed E-state index contributed by atoms with van der Waals surface area (Å²) < 4.78 is 11.0. The molecule has 25 heavy (non-hydrogen) atoms. The molecule has 0 N–H and O–H groups in total. The molecular formula is C16H17N5O3S. The number of aryl methyl sites for hydroxylation is 2. The van der Waals surface area contributed by atoms with Gasteiger partial charge in [-0.3, -0.25) is 4.79 Å². The maximum Gasteiger partial charge on any atom is 0.276 e. The fourth-order valence-corrected chi connectivity index (χ4v) is 3.69. The molecule has 0 aliphatic carbocycles. The third-order valence-corrected chi connectivity index (χ3v) is 5.22. The van der Waals surface area contributed by atoms with Gasteiger partial charge in [-0.15, -0.1) is 21.5 Å². The number of thiazole rings is 1. The van der Waals surface area contributed by atoms with E-state index in [0.717, 1.165) is 23.4 Å². The van der Waals surface area contributed by atoms with Crippen molar-refractivity contribution in [2.45, 2.75) is 39.2 Å². The summed E-state index contributed by atoms with van der Waals surface area (Å²) in [6, 6.07) is 1.46. The Morgan fingerprint density at radius 2 is 2.32 bits per heavy atom. The summed E-state index contributed by atoms with van der Waals surface area (Å²) in [6.45, 7) is 4.49. The first-order valence-electron chi connectivity index (χ1n) is 8.17. The summed E-state index contributed by atoms with van der Waals surface area (Å²) in [4.78, 5) is 19.5. The Labute approximate surface area is 147 Å². The van der Waals surface area contributed by atoms with E-state index in [-0.39, 0.29) is 11.9 Å². The molecule has 4 heterocycles. The fraction of sp³-hybridized carbons (Fsp3) is 0.438. The molecule has 0 bridgehead atoms. The van der Waals surface area contributed by atoms with Gasteiger partial charge in [0.05, 0.1) is 11.2 Å². The van der Waals surface area contributed by atoms with Crippen molar-refractivity contribution in [3.63, 3.8) is 0 Å². The number of likely N-dealkylation sites (tertiary alicyclic amines) is 1. The van der Waals surface area contributed by atoms with E-state index in [1.165, 1.54) is 11.3 Å². The molecule has 1 amide bonds. The molecule has 8 nitrogen and oxygen atoms in total. The van der Waals surface area contributed by atoms with E-state index < -0.39 is 0 Å². The van der Waals surface area contributed by atoms with Crippen LogP contribution in [0.5, 0.6) is 0 Å².